The summed E-state index contributed by atoms with van der Waals surface area (Å²) in [7, 11) is -2.72. The quantitative estimate of drug-likeness (QED) is 0.253. The maximum atomic E-state index is 14.9. The fourth-order valence-electron chi connectivity index (χ4n) is 4.07. The van der Waals surface area contributed by atoms with Crippen LogP contribution in [0.2, 0.25) is 0 Å². The Kier molecular flexibility index (Phi) is 5.69. The van der Waals surface area contributed by atoms with Crippen LogP contribution in [0.4, 0.5) is 10.1 Å². The topological polar surface area (TPSA) is 43.1 Å². The van der Waals surface area contributed by atoms with Gasteiger partial charge in [0, 0.05) is 0 Å². The Labute approximate surface area is 175 Å². The van der Waals surface area contributed by atoms with Crippen molar-refractivity contribution in [3.05, 3.63) is 131 Å². The second-order valence-corrected chi connectivity index (χ2v) is 11.1. The molecule has 0 amide bonds. The molecule has 30 heavy (non-hydrogen) atoms. The van der Waals surface area contributed by atoms with E-state index >= 15 is 0 Å². The summed E-state index contributed by atoms with van der Waals surface area (Å²) in [4.78, 5) is 10.9. The molecule has 0 radical (unpaired) electrons. The van der Waals surface area contributed by atoms with Crippen LogP contribution >= 0.6 is 7.26 Å². The summed E-state index contributed by atoms with van der Waals surface area (Å²) in [6, 6.07) is 34.2. The van der Waals surface area contributed by atoms with Gasteiger partial charge in [-0.3, -0.25) is 0 Å². The Bertz CT molecular complexity index is 1050. The molecule has 0 aliphatic carbocycles. The molecule has 0 atom stereocenters. The Balaban J connectivity index is 2.01. The molecular weight excluding hydrogens is 396 g/mol. The van der Waals surface area contributed by atoms with Gasteiger partial charge in [0.1, 0.15) is 0 Å². The zero-order valence-electron chi connectivity index (χ0n) is 16.2. The summed E-state index contributed by atoms with van der Waals surface area (Å²) >= 11 is 0. The van der Waals surface area contributed by atoms with Crippen molar-refractivity contribution in [1.82, 2.24) is 0 Å². The monoisotopic (exact) mass is 417 g/mol. The van der Waals surface area contributed by atoms with Gasteiger partial charge in [-0.05, 0) is 0 Å². The second kappa shape index (κ2) is 8.56. The van der Waals surface area contributed by atoms with E-state index in [2.05, 4.69) is 36.4 Å². The molecule has 0 spiro atoms. The van der Waals surface area contributed by atoms with Crippen molar-refractivity contribution in [2.45, 2.75) is 6.16 Å². The van der Waals surface area contributed by atoms with Crippen LogP contribution in [-0.4, -0.2) is 4.92 Å². The normalized spacial score (nSPS) is 11.8. The third-order valence-electron chi connectivity index (χ3n) is 5.50. The van der Waals surface area contributed by atoms with Crippen LogP contribution in [0.3, 0.4) is 0 Å². The molecule has 5 heteroatoms. The van der Waals surface area contributed by atoms with Crippen LogP contribution in [0.5, 0.6) is 0 Å². The molecule has 3 nitrogen and oxygen atoms in total. The van der Waals surface area contributed by atoms with Crippen LogP contribution < -0.4 is 15.9 Å². The molecule has 150 valence electrons. The van der Waals surface area contributed by atoms with Crippen molar-refractivity contribution in [3.8, 4) is 0 Å². The Morgan fingerprint density at radius 2 is 1.13 bits per heavy atom. The first-order valence-electron chi connectivity index (χ1n) is 9.70. The van der Waals surface area contributed by atoms with E-state index in [9.17, 15) is 14.5 Å². The van der Waals surface area contributed by atoms with Gasteiger partial charge in [-0.15, -0.1) is 0 Å². The van der Waals surface area contributed by atoms with E-state index in [0.717, 1.165) is 15.9 Å². The summed E-state index contributed by atoms with van der Waals surface area (Å²) in [5.74, 6) is -0.416. The standard InChI is InChI=1S/C25H21FNO2P/c26-25-17-16-21(27(28)29)18-20(25)19-30(22-10-4-1-5-11-22,23-12-6-2-7-13-23)24-14-8-3-9-15-24/h1-18,30H,19H2. The van der Waals surface area contributed by atoms with Crippen molar-refractivity contribution in [2.24, 2.45) is 0 Å². The van der Waals surface area contributed by atoms with Crippen molar-refractivity contribution in [1.29, 1.82) is 0 Å². The predicted octanol–water partition coefficient (Wildman–Crippen LogP) is 4.96. The van der Waals surface area contributed by atoms with Gasteiger partial charge < -0.3 is 0 Å². The number of non-ortho nitro benzene ring substituents is 1. The molecule has 0 heterocycles. The SMILES string of the molecule is O=[N+]([O-])c1ccc(F)c(C[PH](c2ccccc2)(c2ccccc2)c2ccccc2)c1. The zero-order chi connectivity index (χ0) is 21.0. The molecule has 0 unspecified atom stereocenters. The number of nitro benzene ring substituents is 1. The van der Waals surface area contributed by atoms with Gasteiger partial charge in [0.05, 0.1) is 0 Å². The fourth-order valence-corrected chi connectivity index (χ4v) is 8.81. The maximum absolute atomic E-state index is 14.9. The molecule has 4 rings (SSSR count). The van der Waals surface area contributed by atoms with Crippen molar-refractivity contribution >= 4 is 28.9 Å². The van der Waals surface area contributed by atoms with Crippen molar-refractivity contribution in [3.63, 3.8) is 0 Å². The van der Waals surface area contributed by atoms with E-state index < -0.39 is 18.0 Å². The van der Waals surface area contributed by atoms with Crippen LogP contribution in [-0.2, 0) is 6.16 Å². The Morgan fingerprint density at radius 3 is 1.53 bits per heavy atom. The Hall–Kier alpha value is -3.36. The van der Waals surface area contributed by atoms with E-state index in [4.69, 9.17) is 0 Å². The molecule has 0 saturated carbocycles. The molecular formula is C25H21FNO2P. The van der Waals surface area contributed by atoms with Crippen molar-refractivity contribution in [2.75, 3.05) is 0 Å². The number of benzene rings is 4. The molecule has 0 saturated heterocycles. The van der Waals surface area contributed by atoms with E-state index in [1.165, 1.54) is 18.2 Å². The average molecular weight is 417 g/mol. The van der Waals surface area contributed by atoms with E-state index in [-0.39, 0.29) is 5.69 Å². The number of nitro groups is 1. The molecule has 0 aliphatic rings. The summed E-state index contributed by atoms with van der Waals surface area (Å²) in [5, 5.41) is 14.7. The summed E-state index contributed by atoms with van der Waals surface area (Å²) < 4.78 is 14.9. The second-order valence-electron chi connectivity index (χ2n) is 7.21. The van der Waals surface area contributed by atoms with Gasteiger partial charge in [-0.25, -0.2) is 0 Å². The predicted molar refractivity (Wildman–Crippen MR) is 123 cm³/mol. The van der Waals surface area contributed by atoms with Crippen molar-refractivity contribution < 1.29 is 9.31 Å². The number of hydrogen-bond acceptors (Lipinski definition) is 2. The number of hydrogen-bond donors (Lipinski definition) is 0. The average Bonchev–Trinajstić information content (AvgIpc) is 2.80. The molecule has 4 aromatic carbocycles. The van der Waals surface area contributed by atoms with Crippen LogP contribution in [0.25, 0.3) is 0 Å². The molecule has 0 bridgehead atoms. The molecule has 0 N–H and O–H groups in total. The molecule has 0 aromatic heterocycles. The first-order valence-corrected chi connectivity index (χ1v) is 11.9. The third kappa shape index (κ3) is 3.74. The first kappa shape index (κ1) is 19.9. The Morgan fingerprint density at radius 1 is 0.700 bits per heavy atom. The van der Waals surface area contributed by atoms with Gasteiger partial charge >= 0.3 is 175 Å². The van der Waals surface area contributed by atoms with E-state index in [1.807, 2.05) is 54.6 Å². The molecule has 0 fully saturated rings. The minimum atomic E-state index is -2.72. The number of halogens is 1. The number of nitrogens with zero attached hydrogens (tertiary/aromatic N) is 1. The van der Waals surface area contributed by atoms with Gasteiger partial charge in [0.15, 0.2) is 0 Å². The van der Waals surface area contributed by atoms with Gasteiger partial charge in [0.2, 0.25) is 0 Å². The van der Waals surface area contributed by atoms with Crippen LogP contribution in [0.15, 0.2) is 109 Å². The minimum absolute atomic E-state index is 0.0940. The van der Waals surface area contributed by atoms with Gasteiger partial charge in [0.25, 0.3) is 0 Å². The van der Waals surface area contributed by atoms with Crippen LogP contribution in [0, 0.1) is 15.9 Å². The third-order valence-corrected chi connectivity index (χ3v) is 10.4. The fraction of sp³-hybridized carbons (Fsp3) is 0.0400. The zero-order valence-corrected chi connectivity index (χ0v) is 17.2. The molecule has 0 aliphatic heterocycles. The first-order chi connectivity index (χ1) is 14.6. The molecule has 4 aromatic rings. The summed E-state index contributed by atoms with van der Waals surface area (Å²) in [6.07, 6.45) is 0.387. The van der Waals surface area contributed by atoms with Gasteiger partial charge in [-0.1, -0.05) is 0 Å². The summed E-state index contributed by atoms with van der Waals surface area (Å²) in [6.45, 7) is 0. The van der Waals surface area contributed by atoms with E-state index in [0.29, 0.717) is 11.7 Å². The van der Waals surface area contributed by atoms with E-state index in [1.54, 1.807) is 0 Å². The van der Waals surface area contributed by atoms with Crippen LogP contribution in [0.1, 0.15) is 5.56 Å². The summed E-state index contributed by atoms with van der Waals surface area (Å²) in [5.41, 5.74) is 0.274. The van der Waals surface area contributed by atoms with Gasteiger partial charge in [-0.2, -0.15) is 0 Å². The number of rotatable bonds is 6.